The monoisotopic (exact) mass is 581 g/mol. The van der Waals surface area contributed by atoms with Crippen LogP contribution in [-0.2, 0) is 19.6 Å². The average molecular weight is 582 g/mol. The van der Waals surface area contributed by atoms with Gasteiger partial charge in [0, 0.05) is 29.3 Å². The third kappa shape index (κ3) is 5.76. The van der Waals surface area contributed by atoms with Gasteiger partial charge in [0.15, 0.2) is 5.17 Å². The Morgan fingerprint density at radius 1 is 1.10 bits per heavy atom. The Hall–Kier alpha value is -2.89. The zero-order chi connectivity index (χ0) is 29.8. The van der Waals surface area contributed by atoms with Crippen molar-refractivity contribution in [2.24, 2.45) is 10.9 Å². The number of aliphatic imine (C=N–C) groups is 1. The molecule has 5 rings (SSSR count). The normalized spacial score (nSPS) is 25.0. The molecule has 2 aromatic rings. The number of benzene rings is 2. The van der Waals surface area contributed by atoms with Gasteiger partial charge < -0.3 is 24.3 Å². The first-order valence-electron chi connectivity index (χ1n) is 13.8. The van der Waals surface area contributed by atoms with E-state index >= 15 is 4.39 Å². The topological polar surface area (TPSA) is 89.5 Å². The zero-order valence-corrected chi connectivity index (χ0v) is 25.4. The van der Waals surface area contributed by atoms with E-state index in [4.69, 9.17) is 19.0 Å². The number of hydrogen-bond acceptors (Lipinski definition) is 7. The quantitative estimate of drug-likeness (QED) is 0.528. The Bertz CT molecular complexity index is 1360. The van der Waals surface area contributed by atoms with Gasteiger partial charge >= 0.3 is 13.2 Å². The summed E-state index contributed by atoms with van der Waals surface area (Å²) >= 11 is 1.39. The molecule has 2 saturated heterocycles. The third-order valence-electron chi connectivity index (χ3n) is 8.16. The fourth-order valence-electron chi connectivity index (χ4n) is 5.27. The fourth-order valence-corrected chi connectivity index (χ4v) is 6.40. The standard InChI is InChI=1S/C30H37BFN3O5S/c1-27(2,3)38-26(37)35-16-20-17-41-25(33-24(36)19-11-9-8-10-12-19)34-30(20,18-35)22-15-21(13-14-23(22)32)31-39-28(4,5)29(6,7)40-31/h8-15,20H,16-18H2,1-7H3,(H,33,34,36)/t20-,30-/m0/s1. The highest BCUT2D eigenvalue weighted by atomic mass is 32.2. The van der Waals surface area contributed by atoms with E-state index < -0.39 is 41.4 Å². The molecule has 0 radical (unpaired) electrons. The van der Waals surface area contributed by atoms with Gasteiger partial charge in [-0.1, -0.05) is 42.1 Å². The number of rotatable bonds is 3. The van der Waals surface area contributed by atoms with Crippen molar-refractivity contribution in [1.82, 2.24) is 10.2 Å². The molecule has 0 aliphatic carbocycles. The van der Waals surface area contributed by atoms with Crippen LogP contribution < -0.4 is 10.8 Å². The molecule has 3 aliphatic heterocycles. The maximum Gasteiger partial charge on any atom is 0.494 e. The summed E-state index contributed by atoms with van der Waals surface area (Å²) in [5.74, 6) is -0.460. The Labute approximate surface area is 245 Å². The summed E-state index contributed by atoms with van der Waals surface area (Å²) in [4.78, 5) is 32.8. The Morgan fingerprint density at radius 3 is 2.39 bits per heavy atom. The van der Waals surface area contributed by atoms with E-state index in [0.29, 0.717) is 34.1 Å². The predicted molar refractivity (Wildman–Crippen MR) is 159 cm³/mol. The Kier molecular flexibility index (Phi) is 7.53. The molecule has 0 aromatic heterocycles. The van der Waals surface area contributed by atoms with Crippen molar-refractivity contribution < 1.29 is 28.0 Å². The second-order valence-corrected chi connectivity index (χ2v) is 13.9. The van der Waals surface area contributed by atoms with Crippen molar-refractivity contribution in [3.8, 4) is 0 Å². The maximum absolute atomic E-state index is 15.9. The molecule has 3 heterocycles. The summed E-state index contributed by atoms with van der Waals surface area (Å²) in [7, 11) is -0.697. The van der Waals surface area contributed by atoms with Gasteiger partial charge in [0.1, 0.15) is 17.0 Å². The van der Waals surface area contributed by atoms with Gasteiger partial charge in [-0.05, 0) is 72.1 Å². The minimum atomic E-state index is -1.15. The van der Waals surface area contributed by atoms with Gasteiger partial charge in [0.25, 0.3) is 5.91 Å². The summed E-state index contributed by atoms with van der Waals surface area (Å²) in [6, 6.07) is 13.6. The number of nitrogens with one attached hydrogen (secondary N) is 1. The lowest BCUT2D eigenvalue weighted by Gasteiger charge is -2.36. The van der Waals surface area contributed by atoms with Gasteiger partial charge in [-0.3, -0.25) is 4.79 Å². The second-order valence-electron chi connectivity index (χ2n) is 12.9. The fraction of sp³-hybridized carbons (Fsp3) is 0.500. The van der Waals surface area contributed by atoms with Crippen LogP contribution in [0.25, 0.3) is 0 Å². The molecule has 11 heteroatoms. The maximum atomic E-state index is 15.9. The summed E-state index contributed by atoms with van der Waals surface area (Å²) in [6.07, 6.45) is -0.483. The van der Waals surface area contributed by atoms with E-state index in [-0.39, 0.29) is 18.4 Å². The lowest BCUT2D eigenvalue weighted by Crippen LogP contribution is -2.44. The molecule has 2 aromatic carbocycles. The van der Waals surface area contributed by atoms with E-state index in [1.165, 1.54) is 17.8 Å². The Balaban J connectivity index is 1.55. The number of amidine groups is 1. The Morgan fingerprint density at radius 2 is 1.76 bits per heavy atom. The van der Waals surface area contributed by atoms with Crippen LogP contribution in [0, 0.1) is 11.7 Å². The summed E-state index contributed by atoms with van der Waals surface area (Å²) in [5.41, 5.74) is -1.49. The average Bonchev–Trinajstić information content (AvgIpc) is 3.37. The van der Waals surface area contributed by atoms with Crippen molar-refractivity contribution >= 4 is 41.5 Å². The van der Waals surface area contributed by atoms with Crippen LogP contribution in [-0.4, -0.2) is 64.8 Å². The van der Waals surface area contributed by atoms with Gasteiger partial charge in [-0.25, -0.2) is 14.2 Å². The van der Waals surface area contributed by atoms with Crippen molar-refractivity contribution in [1.29, 1.82) is 0 Å². The van der Waals surface area contributed by atoms with Crippen LogP contribution in [0.3, 0.4) is 0 Å². The van der Waals surface area contributed by atoms with E-state index in [1.54, 1.807) is 41.3 Å². The molecule has 2 fully saturated rings. The van der Waals surface area contributed by atoms with Crippen LogP contribution in [0.15, 0.2) is 53.5 Å². The lowest BCUT2D eigenvalue weighted by molar-refractivity contribution is 0.00578. The van der Waals surface area contributed by atoms with Crippen molar-refractivity contribution in [3.63, 3.8) is 0 Å². The van der Waals surface area contributed by atoms with Gasteiger partial charge in [0.2, 0.25) is 0 Å². The number of fused-ring (bicyclic) bond motifs is 1. The van der Waals surface area contributed by atoms with Crippen molar-refractivity contribution in [3.05, 3.63) is 65.5 Å². The number of carbonyl (C=O) groups is 2. The molecule has 1 N–H and O–H groups in total. The largest absolute Gasteiger partial charge is 0.494 e. The number of halogens is 1. The lowest BCUT2D eigenvalue weighted by atomic mass is 9.74. The summed E-state index contributed by atoms with van der Waals surface area (Å²) in [6.45, 7) is 13.7. The second kappa shape index (κ2) is 10.4. The smallest absolute Gasteiger partial charge is 0.444 e. The molecule has 0 unspecified atom stereocenters. The SMILES string of the molecule is CC(C)(C)OC(=O)N1C[C@H]2CSC(NC(=O)c3ccccc3)=N[C@@]2(c2cc(B3OC(C)(C)C(C)(C)O3)ccc2F)C1. The van der Waals surface area contributed by atoms with E-state index in [1.807, 2.05) is 54.5 Å². The van der Waals surface area contributed by atoms with Gasteiger partial charge in [-0.15, -0.1) is 0 Å². The number of thioether (sulfide) groups is 1. The zero-order valence-electron chi connectivity index (χ0n) is 24.6. The number of carbonyl (C=O) groups excluding carboxylic acids is 2. The highest BCUT2D eigenvalue weighted by Gasteiger charge is 2.55. The van der Waals surface area contributed by atoms with Crippen LogP contribution in [0.1, 0.15) is 64.4 Å². The summed E-state index contributed by atoms with van der Waals surface area (Å²) < 4.78 is 34.0. The minimum Gasteiger partial charge on any atom is -0.444 e. The van der Waals surface area contributed by atoms with E-state index in [2.05, 4.69) is 5.32 Å². The number of hydrogen-bond donors (Lipinski definition) is 1. The molecule has 41 heavy (non-hydrogen) atoms. The number of amides is 2. The van der Waals surface area contributed by atoms with Gasteiger partial charge in [-0.2, -0.15) is 0 Å². The number of nitrogens with zero attached hydrogens (tertiary/aromatic N) is 2. The third-order valence-corrected chi connectivity index (χ3v) is 9.20. The highest BCUT2D eigenvalue weighted by Crippen LogP contribution is 2.47. The molecule has 0 bridgehead atoms. The first-order chi connectivity index (χ1) is 19.1. The van der Waals surface area contributed by atoms with Crippen LogP contribution in [0.5, 0.6) is 0 Å². The van der Waals surface area contributed by atoms with Crippen molar-refractivity contribution in [2.45, 2.75) is 70.8 Å². The van der Waals surface area contributed by atoms with E-state index in [0.717, 1.165) is 0 Å². The molecule has 2 amide bonds. The molecular weight excluding hydrogens is 544 g/mol. The first-order valence-corrected chi connectivity index (χ1v) is 14.8. The van der Waals surface area contributed by atoms with Crippen LogP contribution in [0.2, 0.25) is 0 Å². The first kappa shape index (κ1) is 29.6. The van der Waals surface area contributed by atoms with Crippen LogP contribution in [0.4, 0.5) is 9.18 Å². The van der Waals surface area contributed by atoms with Gasteiger partial charge in [0.05, 0.1) is 17.7 Å². The molecule has 8 nitrogen and oxygen atoms in total. The molecule has 2 atom stereocenters. The molecule has 0 spiro atoms. The molecule has 3 aliphatic rings. The minimum absolute atomic E-state index is 0.0988. The molecule has 0 saturated carbocycles. The molecular formula is C30H37BFN3O5S. The number of ether oxygens (including phenoxy) is 1. The highest BCUT2D eigenvalue weighted by molar-refractivity contribution is 8.13. The molecule has 218 valence electrons. The predicted octanol–water partition coefficient (Wildman–Crippen LogP) is 4.72. The van der Waals surface area contributed by atoms with E-state index in [9.17, 15) is 9.59 Å². The summed E-state index contributed by atoms with van der Waals surface area (Å²) in [5, 5.41) is 3.28. The van der Waals surface area contributed by atoms with Crippen LogP contribution >= 0.6 is 11.8 Å². The van der Waals surface area contributed by atoms with Crippen molar-refractivity contribution in [2.75, 3.05) is 18.8 Å². The number of likely N-dealkylation sites (tertiary alicyclic amines) is 1.